The zero-order chi connectivity index (χ0) is 34.0. The summed E-state index contributed by atoms with van der Waals surface area (Å²) >= 11 is 0. The van der Waals surface area contributed by atoms with E-state index >= 15 is 0 Å². The van der Waals surface area contributed by atoms with E-state index in [0.29, 0.717) is 17.5 Å². The Morgan fingerprint density at radius 1 is 0.294 bits per heavy atom. The largest absolute Gasteiger partial charge is 0.292 e. The van der Waals surface area contributed by atoms with Crippen LogP contribution < -0.4 is 0 Å². The van der Waals surface area contributed by atoms with Gasteiger partial charge in [-0.2, -0.15) is 0 Å². The SMILES string of the molecule is c1ccc(-c2ccccc2-c2nc(-c3ccccc3-c3ccccc3)nc(-c3ccccc3-n3c(-c4ccccc4)nc4ccccc43)n2)cc1. The highest BCUT2D eigenvalue weighted by Gasteiger charge is 2.22. The fraction of sp³-hybridized carbons (Fsp3) is 0. The Labute approximate surface area is 296 Å². The maximum Gasteiger partial charge on any atom is 0.166 e. The van der Waals surface area contributed by atoms with Crippen LogP contribution >= 0.6 is 0 Å². The molecule has 0 bridgehead atoms. The molecule has 7 aromatic carbocycles. The van der Waals surface area contributed by atoms with E-state index in [1.807, 2.05) is 54.6 Å². The summed E-state index contributed by atoms with van der Waals surface area (Å²) < 4.78 is 2.22. The van der Waals surface area contributed by atoms with Gasteiger partial charge in [0.1, 0.15) is 5.82 Å². The minimum Gasteiger partial charge on any atom is -0.292 e. The van der Waals surface area contributed by atoms with Crippen molar-refractivity contribution in [3.8, 4) is 73.5 Å². The Morgan fingerprint density at radius 3 is 1.24 bits per heavy atom. The highest BCUT2D eigenvalue weighted by atomic mass is 15.1. The lowest BCUT2D eigenvalue weighted by molar-refractivity contribution is 1.05. The first-order chi connectivity index (χ1) is 25.3. The maximum absolute atomic E-state index is 5.29. The molecule has 0 amide bonds. The van der Waals surface area contributed by atoms with Crippen LogP contribution in [-0.4, -0.2) is 24.5 Å². The number of hydrogen-bond acceptors (Lipinski definition) is 4. The maximum atomic E-state index is 5.29. The molecule has 240 valence electrons. The van der Waals surface area contributed by atoms with Crippen molar-refractivity contribution in [1.29, 1.82) is 0 Å². The number of hydrogen-bond donors (Lipinski definition) is 0. The zero-order valence-electron chi connectivity index (χ0n) is 27.6. The van der Waals surface area contributed by atoms with E-state index in [1.165, 1.54) is 0 Å². The molecule has 0 N–H and O–H groups in total. The third-order valence-electron chi connectivity index (χ3n) is 9.12. The first-order valence-electron chi connectivity index (χ1n) is 17.0. The van der Waals surface area contributed by atoms with Crippen molar-refractivity contribution < 1.29 is 0 Å². The van der Waals surface area contributed by atoms with E-state index in [4.69, 9.17) is 19.9 Å². The van der Waals surface area contributed by atoms with Crippen molar-refractivity contribution in [3.05, 3.63) is 188 Å². The highest BCUT2D eigenvalue weighted by Crippen LogP contribution is 2.38. The molecule has 0 spiro atoms. The van der Waals surface area contributed by atoms with Crippen molar-refractivity contribution in [2.24, 2.45) is 0 Å². The lowest BCUT2D eigenvalue weighted by Gasteiger charge is -2.16. The van der Waals surface area contributed by atoms with Crippen molar-refractivity contribution in [2.75, 3.05) is 0 Å². The van der Waals surface area contributed by atoms with E-state index < -0.39 is 0 Å². The van der Waals surface area contributed by atoms with Crippen molar-refractivity contribution in [1.82, 2.24) is 24.5 Å². The van der Waals surface area contributed by atoms with Gasteiger partial charge in [0, 0.05) is 22.3 Å². The molecule has 9 rings (SSSR count). The van der Waals surface area contributed by atoms with Gasteiger partial charge in [-0.25, -0.2) is 19.9 Å². The van der Waals surface area contributed by atoms with Crippen LogP contribution in [0.2, 0.25) is 0 Å². The number of aromatic nitrogens is 5. The average Bonchev–Trinajstić information content (AvgIpc) is 3.61. The predicted octanol–water partition coefficient (Wildman–Crippen LogP) is 11.2. The molecule has 0 radical (unpaired) electrons. The summed E-state index contributed by atoms with van der Waals surface area (Å²) in [7, 11) is 0. The monoisotopic (exact) mass is 653 g/mol. The van der Waals surface area contributed by atoms with Crippen LogP contribution in [0.25, 0.3) is 84.5 Å². The van der Waals surface area contributed by atoms with Crippen molar-refractivity contribution in [2.45, 2.75) is 0 Å². The molecule has 0 saturated carbocycles. The molecule has 2 aromatic heterocycles. The Morgan fingerprint density at radius 2 is 0.686 bits per heavy atom. The van der Waals surface area contributed by atoms with Gasteiger partial charge in [-0.3, -0.25) is 4.57 Å². The summed E-state index contributed by atoms with van der Waals surface area (Å²) in [5.41, 5.74) is 10.9. The van der Waals surface area contributed by atoms with Crippen LogP contribution in [0.4, 0.5) is 0 Å². The molecule has 0 aliphatic rings. The van der Waals surface area contributed by atoms with Gasteiger partial charge in [0.2, 0.25) is 0 Å². The third kappa shape index (κ3) is 5.67. The Kier molecular flexibility index (Phi) is 7.76. The topological polar surface area (TPSA) is 56.5 Å². The zero-order valence-corrected chi connectivity index (χ0v) is 27.6. The van der Waals surface area contributed by atoms with Gasteiger partial charge in [0.05, 0.1) is 16.7 Å². The van der Waals surface area contributed by atoms with Gasteiger partial charge in [-0.05, 0) is 46.5 Å². The van der Waals surface area contributed by atoms with Crippen LogP contribution in [0.15, 0.2) is 188 Å². The summed E-state index contributed by atoms with van der Waals surface area (Å²) in [5, 5.41) is 0. The molecule has 51 heavy (non-hydrogen) atoms. The van der Waals surface area contributed by atoms with E-state index in [2.05, 4.69) is 138 Å². The number of para-hydroxylation sites is 3. The van der Waals surface area contributed by atoms with Crippen LogP contribution in [0.3, 0.4) is 0 Å². The Hall–Kier alpha value is -6.98. The number of rotatable bonds is 7. The van der Waals surface area contributed by atoms with E-state index in [1.54, 1.807) is 0 Å². The first-order valence-corrected chi connectivity index (χ1v) is 17.0. The normalized spacial score (nSPS) is 11.1. The van der Waals surface area contributed by atoms with Crippen LogP contribution in [0.5, 0.6) is 0 Å². The Bertz CT molecular complexity index is 2530. The molecule has 0 saturated heterocycles. The predicted molar refractivity (Wildman–Crippen MR) is 207 cm³/mol. The summed E-state index contributed by atoms with van der Waals surface area (Å²) in [5.74, 6) is 2.63. The molecule has 9 aromatic rings. The van der Waals surface area contributed by atoms with E-state index in [0.717, 1.165) is 67.1 Å². The Balaban J connectivity index is 1.32. The molecule has 0 aliphatic heterocycles. The number of benzene rings is 7. The average molecular weight is 654 g/mol. The fourth-order valence-corrected chi connectivity index (χ4v) is 6.74. The van der Waals surface area contributed by atoms with Crippen molar-refractivity contribution in [3.63, 3.8) is 0 Å². The van der Waals surface area contributed by atoms with E-state index in [9.17, 15) is 0 Å². The molecule has 0 unspecified atom stereocenters. The van der Waals surface area contributed by atoms with Crippen LogP contribution in [0, 0.1) is 0 Å². The van der Waals surface area contributed by atoms with Gasteiger partial charge >= 0.3 is 0 Å². The lowest BCUT2D eigenvalue weighted by Crippen LogP contribution is -2.05. The van der Waals surface area contributed by atoms with Crippen LogP contribution in [-0.2, 0) is 0 Å². The molecule has 5 nitrogen and oxygen atoms in total. The lowest BCUT2D eigenvalue weighted by atomic mass is 9.98. The molecule has 0 atom stereocenters. The van der Waals surface area contributed by atoms with Crippen molar-refractivity contribution >= 4 is 11.0 Å². The molecule has 0 fully saturated rings. The second-order valence-electron chi connectivity index (χ2n) is 12.3. The minimum atomic E-state index is 0.577. The summed E-state index contributed by atoms with van der Waals surface area (Å²) in [4.78, 5) is 20.9. The quantitative estimate of drug-likeness (QED) is 0.172. The summed E-state index contributed by atoms with van der Waals surface area (Å²) in [6, 6.07) is 64.3. The molecular weight excluding hydrogens is 623 g/mol. The number of imidazole rings is 1. The van der Waals surface area contributed by atoms with E-state index in [-0.39, 0.29) is 0 Å². The fourth-order valence-electron chi connectivity index (χ4n) is 6.74. The molecule has 5 heteroatoms. The summed E-state index contributed by atoms with van der Waals surface area (Å²) in [6.45, 7) is 0. The second-order valence-corrected chi connectivity index (χ2v) is 12.3. The highest BCUT2D eigenvalue weighted by molar-refractivity contribution is 5.88. The molecule has 2 heterocycles. The minimum absolute atomic E-state index is 0.577. The number of fused-ring (bicyclic) bond motifs is 1. The smallest absolute Gasteiger partial charge is 0.166 e. The van der Waals surface area contributed by atoms with Gasteiger partial charge in [-0.1, -0.05) is 164 Å². The standard InChI is InChI=1S/C46H31N5/c1-4-18-32(19-5-1)35-24-10-12-26-37(35)43-48-44(38-27-13-11-25-36(38)33-20-6-2-7-21-33)50-45(49-43)39-28-14-16-30-41(39)51-42-31-17-15-29-40(42)47-46(51)34-22-8-3-9-23-34/h1-31H. The van der Waals surface area contributed by atoms with Crippen LogP contribution in [0.1, 0.15) is 0 Å². The van der Waals surface area contributed by atoms with Gasteiger partial charge in [0.25, 0.3) is 0 Å². The van der Waals surface area contributed by atoms with Gasteiger partial charge in [-0.15, -0.1) is 0 Å². The summed E-state index contributed by atoms with van der Waals surface area (Å²) in [6.07, 6.45) is 0. The van der Waals surface area contributed by atoms with Gasteiger partial charge < -0.3 is 0 Å². The van der Waals surface area contributed by atoms with Gasteiger partial charge in [0.15, 0.2) is 17.5 Å². The third-order valence-corrected chi connectivity index (χ3v) is 9.12. The first kappa shape index (κ1) is 30.1. The molecule has 0 aliphatic carbocycles. The molecular formula is C46H31N5. The second kappa shape index (κ2) is 13.1. The number of nitrogens with zero attached hydrogens (tertiary/aromatic N) is 5.